The van der Waals surface area contributed by atoms with Crippen LogP contribution in [0.15, 0.2) is 98.1 Å². The maximum atomic E-state index is 14.6. The highest BCUT2D eigenvalue weighted by Gasteiger charge is 2.32. The number of hydrogen-bond donors (Lipinski definition) is 1. The summed E-state index contributed by atoms with van der Waals surface area (Å²) in [6.45, 7) is 15.8. The lowest BCUT2D eigenvalue weighted by atomic mass is 9.79. The van der Waals surface area contributed by atoms with Gasteiger partial charge in [-0.2, -0.15) is 0 Å². The summed E-state index contributed by atoms with van der Waals surface area (Å²) in [5.41, 5.74) is 5.00. The first kappa shape index (κ1) is 40.4. The fourth-order valence-corrected chi connectivity index (χ4v) is 6.05. The maximum Gasteiger partial charge on any atom is 0.131 e. The lowest BCUT2D eigenvalue weighted by Gasteiger charge is -2.32. The average molecular weight is 707 g/mol. The topological polar surface area (TPSA) is 57.2 Å². The Labute approximate surface area is 301 Å². The van der Waals surface area contributed by atoms with E-state index in [0.717, 1.165) is 27.8 Å². The van der Waals surface area contributed by atoms with Crippen molar-refractivity contribution in [3.8, 4) is 33.8 Å². The van der Waals surface area contributed by atoms with Crippen molar-refractivity contribution >= 4 is 11.6 Å². The molecule has 0 radical (unpaired) electrons. The first-order chi connectivity index (χ1) is 23.7. The number of hydrogen-bond acceptors (Lipinski definition) is 5. The molecule has 0 saturated carbocycles. The molecule has 0 fully saturated rings. The molecule has 4 aromatic rings. The monoisotopic (exact) mass is 706 g/mol. The molecule has 0 aliphatic rings. The van der Waals surface area contributed by atoms with E-state index in [2.05, 4.69) is 13.2 Å². The molecule has 0 saturated heterocycles. The Morgan fingerprint density at radius 2 is 1.04 bits per heavy atom. The van der Waals surface area contributed by atoms with E-state index in [1.807, 2.05) is 70.2 Å². The number of rotatable bonds is 14. The molecule has 0 aliphatic heterocycles. The van der Waals surface area contributed by atoms with Crippen molar-refractivity contribution in [1.82, 2.24) is 0 Å². The van der Waals surface area contributed by atoms with Gasteiger partial charge in [0.25, 0.3) is 0 Å². The fourth-order valence-electron chi connectivity index (χ4n) is 5.88. The Morgan fingerprint density at radius 3 is 1.38 bits per heavy atom. The first-order valence-electron chi connectivity index (χ1n) is 16.2. The van der Waals surface area contributed by atoms with Crippen LogP contribution >= 0.6 is 11.6 Å². The van der Waals surface area contributed by atoms with Gasteiger partial charge in [0.15, 0.2) is 0 Å². The van der Waals surface area contributed by atoms with Gasteiger partial charge in [0.1, 0.15) is 23.1 Å². The summed E-state index contributed by atoms with van der Waals surface area (Å²) in [5.74, 6) is 0.891. The van der Waals surface area contributed by atoms with Crippen molar-refractivity contribution in [1.29, 1.82) is 0 Å². The molecule has 0 amide bonds. The number of benzene rings is 4. The standard InChI is InChI=1S/C21H24ClFO2.C21H25FO3/c1-6-21(2,3)20(25-5)18-11-14(13-22)7-9-16(18)17-12-15(24-4)8-10-19(17)23;1-6-21(2,3)20(25-5)18-11-14(13-23)7-9-16(18)17-12-15(24-4)8-10-19(17)22/h6-12,20H,1,13H2,2-5H3;6-12,20,23H,1,13H2,2-5H3. The zero-order chi connectivity index (χ0) is 37.2. The third kappa shape index (κ3) is 9.20. The lowest BCUT2D eigenvalue weighted by Crippen LogP contribution is -2.22. The summed E-state index contributed by atoms with van der Waals surface area (Å²) in [6, 6.07) is 20.6. The molecular weight excluding hydrogens is 658 g/mol. The van der Waals surface area contributed by atoms with Gasteiger partial charge in [0.05, 0.1) is 33.0 Å². The molecule has 0 aromatic heterocycles. The van der Waals surface area contributed by atoms with Crippen LogP contribution in [0.1, 0.15) is 62.2 Å². The van der Waals surface area contributed by atoms with Crippen LogP contribution in [0.25, 0.3) is 22.3 Å². The van der Waals surface area contributed by atoms with Crippen LogP contribution < -0.4 is 9.47 Å². The largest absolute Gasteiger partial charge is 0.497 e. The lowest BCUT2D eigenvalue weighted by molar-refractivity contribution is 0.0306. The van der Waals surface area contributed by atoms with Crippen LogP contribution in [0.5, 0.6) is 11.5 Å². The van der Waals surface area contributed by atoms with Gasteiger partial charge in [0.2, 0.25) is 0 Å². The molecule has 50 heavy (non-hydrogen) atoms. The van der Waals surface area contributed by atoms with Gasteiger partial charge in [-0.05, 0) is 69.8 Å². The third-order valence-corrected chi connectivity index (χ3v) is 9.24. The molecule has 2 unspecified atom stereocenters. The van der Waals surface area contributed by atoms with Crippen molar-refractivity contribution in [3.63, 3.8) is 0 Å². The quantitative estimate of drug-likeness (QED) is 0.104. The van der Waals surface area contributed by atoms with Crippen LogP contribution in [0, 0.1) is 22.5 Å². The second kappa shape index (κ2) is 17.8. The second-order valence-corrected chi connectivity index (χ2v) is 13.4. The molecule has 1 N–H and O–H groups in total. The van der Waals surface area contributed by atoms with Crippen LogP contribution in [0.4, 0.5) is 8.78 Å². The van der Waals surface area contributed by atoms with Crippen molar-refractivity contribution in [2.75, 3.05) is 28.4 Å². The minimum absolute atomic E-state index is 0.0984. The Morgan fingerprint density at radius 1 is 0.640 bits per heavy atom. The van der Waals surface area contributed by atoms with Crippen LogP contribution in [0.3, 0.4) is 0 Å². The molecule has 0 spiro atoms. The minimum atomic E-state index is -0.382. The van der Waals surface area contributed by atoms with E-state index >= 15 is 0 Å². The predicted octanol–water partition coefficient (Wildman–Crippen LogP) is 11.0. The van der Waals surface area contributed by atoms with E-state index in [0.29, 0.717) is 34.1 Å². The summed E-state index contributed by atoms with van der Waals surface area (Å²) in [4.78, 5) is 0. The van der Waals surface area contributed by atoms with Gasteiger partial charge in [-0.25, -0.2) is 8.78 Å². The molecule has 0 aliphatic carbocycles. The zero-order valence-electron chi connectivity index (χ0n) is 30.3. The zero-order valence-corrected chi connectivity index (χ0v) is 31.0. The number of aliphatic hydroxyl groups is 1. The number of halogens is 3. The van der Waals surface area contributed by atoms with Gasteiger partial charge in [-0.15, -0.1) is 24.8 Å². The summed E-state index contributed by atoms with van der Waals surface area (Å²) in [7, 11) is 6.38. The van der Waals surface area contributed by atoms with E-state index in [1.54, 1.807) is 58.8 Å². The summed E-state index contributed by atoms with van der Waals surface area (Å²) >= 11 is 6.02. The molecule has 5 nitrogen and oxygen atoms in total. The van der Waals surface area contributed by atoms with E-state index in [1.165, 1.54) is 12.1 Å². The number of alkyl halides is 1. The Balaban J connectivity index is 0.000000270. The number of aliphatic hydroxyl groups excluding tert-OH is 1. The van der Waals surface area contributed by atoms with Gasteiger partial charge in [-0.3, -0.25) is 0 Å². The van der Waals surface area contributed by atoms with Gasteiger partial charge in [0, 0.05) is 42.1 Å². The highest BCUT2D eigenvalue weighted by atomic mass is 35.5. The molecule has 0 bridgehead atoms. The Hall–Kier alpha value is -4.01. The molecular formula is C42H49ClF2O5. The van der Waals surface area contributed by atoms with E-state index < -0.39 is 0 Å². The molecule has 8 heteroatoms. The normalized spacial score (nSPS) is 12.7. The third-order valence-electron chi connectivity index (χ3n) is 8.94. The predicted molar refractivity (Wildman–Crippen MR) is 200 cm³/mol. The molecule has 4 rings (SSSR count). The van der Waals surface area contributed by atoms with Crippen molar-refractivity contribution in [2.24, 2.45) is 10.8 Å². The summed E-state index contributed by atoms with van der Waals surface area (Å²) in [5, 5.41) is 9.52. The molecule has 268 valence electrons. The second-order valence-electron chi connectivity index (χ2n) is 13.1. The SMILES string of the molecule is C=CC(C)(C)C(OC)c1cc(CCl)ccc1-c1cc(OC)ccc1F.C=CC(C)(C)C(OC)c1cc(CO)ccc1-c1cc(OC)ccc1F. The summed E-state index contributed by atoms with van der Waals surface area (Å²) < 4.78 is 51.1. The molecule has 2 atom stereocenters. The Bertz CT molecular complexity index is 1640. The van der Waals surface area contributed by atoms with Crippen LogP contribution in [-0.4, -0.2) is 33.5 Å². The maximum absolute atomic E-state index is 14.6. The highest BCUT2D eigenvalue weighted by Crippen LogP contribution is 2.44. The summed E-state index contributed by atoms with van der Waals surface area (Å²) in [6.07, 6.45) is 3.02. The van der Waals surface area contributed by atoms with E-state index in [9.17, 15) is 13.9 Å². The van der Waals surface area contributed by atoms with Gasteiger partial charge in [-0.1, -0.05) is 76.2 Å². The van der Waals surface area contributed by atoms with Crippen LogP contribution in [0.2, 0.25) is 0 Å². The average Bonchev–Trinajstić information content (AvgIpc) is 3.12. The smallest absolute Gasteiger partial charge is 0.131 e. The van der Waals surface area contributed by atoms with Crippen molar-refractivity contribution < 1.29 is 32.8 Å². The minimum Gasteiger partial charge on any atom is -0.497 e. The Kier molecular flexibility index (Phi) is 14.4. The van der Waals surface area contributed by atoms with Crippen molar-refractivity contribution in [3.05, 3.63) is 132 Å². The van der Waals surface area contributed by atoms with E-state index in [-0.39, 0.29) is 41.3 Å². The molecule has 0 heterocycles. The highest BCUT2D eigenvalue weighted by molar-refractivity contribution is 6.17. The van der Waals surface area contributed by atoms with Gasteiger partial charge < -0.3 is 24.1 Å². The van der Waals surface area contributed by atoms with Crippen LogP contribution in [-0.2, 0) is 22.0 Å². The number of ether oxygens (including phenoxy) is 4. The fraction of sp³-hybridized carbons (Fsp3) is 0.333. The number of methoxy groups -OCH3 is 4. The van der Waals surface area contributed by atoms with Gasteiger partial charge >= 0.3 is 0 Å². The molecule has 4 aromatic carbocycles. The van der Waals surface area contributed by atoms with Crippen molar-refractivity contribution in [2.45, 2.75) is 52.4 Å². The first-order valence-corrected chi connectivity index (χ1v) is 16.7. The van der Waals surface area contributed by atoms with E-state index in [4.69, 9.17) is 30.5 Å².